The van der Waals surface area contributed by atoms with Crippen molar-refractivity contribution in [2.45, 2.75) is 13.3 Å². The van der Waals surface area contributed by atoms with Crippen LogP contribution in [0.2, 0.25) is 0 Å². The molecule has 0 saturated heterocycles. The van der Waals surface area contributed by atoms with Crippen LogP contribution in [0.15, 0.2) is 66.9 Å². The molecule has 0 fully saturated rings. The summed E-state index contributed by atoms with van der Waals surface area (Å²) in [6.45, 7) is 1.81. The van der Waals surface area contributed by atoms with Gasteiger partial charge in [-0.15, -0.1) is 8.68 Å². The van der Waals surface area contributed by atoms with Gasteiger partial charge in [0.2, 0.25) is 11.0 Å². The molecular weight excluding hydrogens is 426 g/mol. The van der Waals surface area contributed by atoms with E-state index in [1.807, 2.05) is 6.92 Å². The van der Waals surface area contributed by atoms with Crippen LogP contribution in [0.25, 0.3) is 32.9 Å². The molecule has 154 valence electrons. The van der Waals surface area contributed by atoms with E-state index in [0.29, 0.717) is 39.5 Å². The van der Waals surface area contributed by atoms with E-state index in [0.717, 1.165) is 14.2 Å². The number of aryl methyl sites for hydroxylation is 1. The Bertz CT molecular complexity index is 1390. The Kier molecular flexibility index (Phi) is 5.11. The lowest BCUT2D eigenvalue weighted by atomic mass is 9.97. The van der Waals surface area contributed by atoms with E-state index in [2.05, 4.69) is 0 Å². The summed E-state index contributed by atoms with van der Waals surface area (Å²) in [7, 11) is -9.16. The summed E-state index contributed by atoms with van der Waals surface area (Å²) in [6, 6.07) is 17.1. The Balaban J connectivity index is 2.16. The van der Waals surface area contributed by atoms with Gasteiger partial charge in [0.25, 0.3) is 0 Å². The summed E-state index contributed by atoms with van der Waals surface area (Å²) in [6.07, 6.45) is 1.72. The summed E-state index contributed by atoms with van der Waals surface area (Å²) in [5, 5.41) is 1.24. The van der Waals surface area contributed by atoms with Crippen LogP contribution in [-0.2, 0) is 15.6 Å². The fourth-order valence-electron chi connectivity index (χ4n) is 3.81. The average Bonchev–Trinajstić information content (AvgIpc) is 2.70. The zero-order chi connectivity index (χ0) is 21.7. The molecule has 8 nitrogen and oxygen atoms in total. The summed E-state index contributed by atoms with van der Waals surface area (Å²) < 4.78 is 26.1. The van der Waals surface area contributed by atoms with Crippen molar-refractivity contribution >= 4 is 37.3 Å². The van der Waals surface area contributed by atoms with Gasteiger partial charge < -0.3 is 0 Å². The average molecular weight is 446 g/mol. The third kappa shape index (κ3) is 3.48. The van der Waals surface area contributed by atoms with Gasteiger partial charge in [-0.25, -0.2) is 0 Å². The highest BCUT2D eigenvalue weighted by atomic mass is 31.2. The standard InChI is InChI=1S/C20H18N2O6P2/c1-2-14-13-18(17-8-4-6-10-20(17)22(14)30(26,27)28)15-11-12-21(29(23,24)25)19-9-5-3-7-16(15)19/h3-13H,2H2,1H3,(H2-2,23,24,25,26,27,28)/p+2. The minimum absolute atomic E-state index is 0.359. The molecule has 0 spiro atoms. The maximum Gasteiger partial charge on any atom is 0.608 e. The van der Waals surface area contributed by atoms with Gasteiger partial charge in [0.15, 0.2) is 11.9 Å². The second kappa shape index (κ2) is 7.36. The van der Waals surface area contributed by atoms with Crippen molar-refractivity contribution < 1.29 is 37.4 Å². The lowest BCUT2D eigenvalue weighted by Crippen LogP contribution is -2.36. The SMILES string of the molecule is CCc1cc(-c2cc[n+](P(=O)(O)O)c3ccccc23)c2ccccc2[n+]1P(=O)(O)O. The molecule has 0 radical (unpaired) electrons. The quantitative estimate of drug-likeness (QED) is 0.358. The Hall–Kier alpha value is -2.44. The van der Waals surface area contributed by atoms with Crippen molar-refractivity contribution in [1.82, 2.24) is 0 Å². The molecule has 0 aliphatic rings. The molecule has 30 heavy (non-hydrogen) atoms. The molecular formula is C20H20N2O6P2+2. The molecule has 0 saturated carbocycles. The van der Waals surface area contributed by atoms with E-state index in [4.69, 9.17) is 0 Å². The predicted octanol–water partition coefficient (Wildman–Crippen LogP) is 2.68. The van der Waals surface area contributed by atoms with Crippen molar-refractivity contribution in [1.29, 1.82) is 0 Å². The Morgan fingerprint density at radius 2 is 1.33 bits per heavy atom. The predicted molar refractivity (Wildman–Crippen MR) is 112 cm³/mol. The number of benzene rings is 2. The van der Waals surface area contributed by atoms with Crippen LogP contribution in [0, 0.1) is 0 Å². The summed E-state index contributed by atoms with van der Waals surface area (Å²) in [4.78, 5) is 39.3. The van der Waals surface area contributed by atoms with Gasteiger partial charge in [-0.05, 0) is 12.1 Å². The van der Waals surface area contributed by atoms with Gasteiger partial charge in [-0.3, -0.25) is 19.6 Å². The topological polar surface area (TPSA) is 123 Å². The van der Waals surface area contributed by atoms with Crippen molar-refractivity contribution in [2.24, 2.45) is 0 Å². The summed E-state index contributed by atoms with van der Waals surface area (Å²) >= 11 is 0. The van der Waals surface area contributed by atoms with E-state index in [-0.39, 0.29) is 0 Å². The molecule has 2 aromatic carbocycles. The zero-order valence-electron chi connectivity index (χ0n) is 16.0. The normalized spacial score (nSPS) is 12.6. The Labute approximate surface area is 172 Å². The van der Waals surface area contributed by atoms with Crippen LogP contribution in [0.3, 0.4) is 0 Å². The van der Waals surface area contributed by atoms with Crippen LogP contribution in [0.1, 0.15) is 12.6 Å². The Morgan fingerprint density at radius 1 is 0.767 bits per heavy atom. The zero-order valence-corrected chi connectivity index (χ0v) is 17.7. The number of nitrogens with zero attached hydrogens (tertiary/aromatic N) is 2. The number of pyridine rings is 2. The summed E-state index contributed by atoms with van der Waals surface area (Å²) in [5.74, 6) is 0. The molecule has 0 aliphatic heterocycles. The molecule has 4 N–H and O–H groups in total. The van der Waals surface area contributed by atoms with Crippen LogP contribution in [0.5, 0.6) is 0 Å². The minimum atomic E-state index is -4.60. The fraction of sp³-hybridized carbons (Fsp3) is 0.100. The third-order valence-corrected chi connectivity index (χ3v) is 6.93. The van der Waals surface area contributed by atoms with Crippen LogP contribution in [0.4, 0.5) is 0 Å². The van der Waals surface area contributed by atoms with Crippen LogP contribution >= 0.6 is 15.5 Å². The molecule has 0 atom stereocenters. The van der Waals surface area contributed by atoms with Crippen molar-refractivity contribution in [2.75, 3.05) is 0 Å². The van der Waals surface area contributed by atoms with Crippen molar-refractivity contribution in [3.8, 4) is 11.1 Å². The number of hydrogen-bond donors (Lipinski definition) is 4. The van der Waals surface area contributed by atoms with Gasteiger partial charge in [-0.2, -0.15) is 9.13 Å². The Morgan fingerprint density at radius 3 is 1.90 bits per heavy atom. The lowest BCUT2D eigenvalue weighted by molar-refractivity contribution is -0.519. The monoisotopic (exact) mass is 446 g/mol. The number of fused-ring (bicyclic) bond motifs is 2. The highest BCUT2D eigenvalue weighted by Gasteiger charge is 2.36. The van der Waals surface area contributed by atoms with E-state index in [1.165, 1.54) is 6.20 Å². The first-order chi connectivity index (χ1) is 14.1. The second-order valence-electron chi connectivity index (χ2n) is 6.85. The van der Waals surface area contributed by atoms with Gasteiger partial charge >= 0.3 is 15.5 Å². The number of para-hydroxylation sites is 2. The minimum Gasteiger partial charge on any atom is -0.271 e. The molecule has 10 heteroatoms. The molecule has 4 rings (SSSR count). The first-order valence-electron chi connectivity index (χ1n) is 9.16. The summed E-state index contributed by atoms with van der Waals surface area (Å²) in [5.41, 5.74) is 2.63. The lowest BCUT2D eigenvalue weighted by Gasteiger charge is -2.13. The molecule has 0 bridgehead atoms. The smallest absolute Gasteiger partial charge is 0.271 e. The highest BCUT2D eigenvalue weighted by molar-refractivity contribution is 7.44. The van der Waals surface area contributed by atoms with E-state index in [1.54, 1.807) is 60.7 Å². The van der Waals surface area contributed by atoms with Gasteiger partial charge in [0.05, 0.1) is 10.8 Å². The van der Waals surface area contributed by atoms with E-state index in [9.17, 15) is 28.7 Å². The maximum absolute atomic E-state index is 12.2. The molecule has 2 heterocycles. The maximum atomic E-state index is 12.2. The number of hydrogen-bond acceptors (Lipinski definition) is 2. The van der Waals surface area contributed by atoms with Gasteiger partial charge in [0, 0.05) is 41.8 Å². The highest BCUT2D eigenvalue weighted by Crippen LogP contribution is 2.39. The van der Waals surface area contributed by atoms with Crippen LogP contribution in [-0.4, -0.2) is 19.6 Å². The first-order valence-corrected chi connectivity index (χ1v) is 12.3. The second-order valence-corrected chi connectivity index (χ2v) is 9.73. The van der Waals surface area contributed by atoms with Crippen LogP contribution < -0.4 is 8.68 Å². The molecule has 0 aliphatic carbocycles. The fourth-order valence-corrected chi connectivity index (χ4v) is 5.49. The van der Waals surface area contributed by atoms with Gasteiger partial charge in [-0.1, -0.05) is 31.2 Å². The van der Waals surface area contributed by atoms with E-state index >= 15 is 0 Å². The number of rotatable bonds is 4. The molecule has 0 unspecified atom stereocenters. The third-order valence-electron chi connectivity index (χ3n) is 5.02. The van der Waals surface area contributed by atoms with Gasteiger partial charge in [0.1, 0.15) is 0 Å². The molecule has 2 aromatic heterocycles. The molecule has 0 amide bonds. The van der Waals surface area contributed by atoms with E-state index < -0.39 is 15.5 Å². The van der Waals surface area contributed by atoms with Crippen molar-refractivity contribution in [3.63, 3.8) is 0 Å². The largest absolute Gasteiger partial charge is 0.608 e. The first kappa shape index (κ1) is 20.8. The molecule has 4 aromatic rings. The van der Waals surface area contributed by atoms with Crippen molar-refractivity contribution in [3.05, 3.63) is 72.6 Å². The number of aromatic nitrogens is 2.